The first-order valence-corrected chi connectivity index (χ1v) is 12.2. The van der Waals surface area contributed by atoms with E-state index in [1.165, 1.54) is 14.4 Å². The van der Waals surface area contributed by atoms with Crippen molar-refractivity contribution in [2.75, 3.05) is 19.6 Å². The van der Waals surface area contributed by atoms with E-state index in [1.807, 2.05) is 6.92 Å². The molecule has 0 aliphatic carbocycles. The molecule has 0 unspecified atom stereocenters. The first-order chi connectivity index (χ1) is 18.0. The number of rotatable bonds is 4. The number of pyridine rings is 1. The standard InChI is InChI=1S/C25H25F3N4O6/c1-3-30-11-25(38-24(30)37)5-4-12(2)31-10-18(25)32-9-15(20(33)21(34)19(32)23(31)36)22(35)29-8-14-16(27)6-13(26)7-17(14)28/h6-7,9,12,18,34H,3-5,8,10-11H2,1-2H3,(H,29,35)/t12-,18+,25+/m0/s1. The van der Waals surface area contributed by atoms with E-state index in [-0.39, 0.29) is 24.8 Å². The maximum atomic E-state index is 14.0. The predicted molar refractivity (Wildman–Crippen MR) is 125 cm³/mol. The monoisotopic (exact) mass is 534 g/mol. The van der Waals surface area contributed by atoms with Crippen molar-refractivity contribution < 1.29 is 37.4 Å². The molecule has 3 aliphatic rings. The molecule has 0 saturated carbocycles. The Balaban J connectivity index is 1.56. The average Bonchev–Trinajstić information content (AvgIpc) is 3.13. The van der Waals surface area contributed by atoms with Crippen molar-refractivity contribution >= 4 is 17.9 Å². The number of aromatic nitrogens is 1. The molecule has 2 fully saturated rings. The summed E-state index contributed by atoms with van der Waals surface area (Å²) < 4.78 is 48.4. The molecule has 2 aromatic rings. The fourth-order valence-corrected chi connectivity index (χ4v) is 5.52. The number of halogens is 3. The second kappa shape index (κ2) is 9.07. The Hall–Kier alpha value is -4.03. The Kier molecular flexibility index (Phi) is 6.11. The Morgan fingerprint density at radius 3 is 2.53 bits per heavy atom. The van der Waals surface area contributed by atoms with E-state index in [0.29, 0.717) is 31.5 Å². The normalized spacial score (nSPS) is 24.3. The topological polar surface area (TPSA) is 121 Å². The fraction of sp³-hybridized carbons (Fsp3) is 0.440. The molecule has 1 aromatic carbocycles. The Morgan fingerprint density at radius 1 is 1.21 bits per heavy atom. The molecule has 5 rings (SSSR count). The highest BCUT2D eigenvalue weighted by Crippen LogP contribution is 2.45. The van der Waals surface area contributed by atoms with E-state index in [9.17, 15) is 37.5 Å². The van der Waals surface area contributed by atoms with Crippen LogP contribution >= 0.6 is 0 Å². The number of nitrogens with one attached hydrogen (secondary N) is 1. The molecule has 3 amide bonds. The molecular formula is C25H25F3N4O6. The maximum Gasteiger partial charge on any atom is 0.410 e. The van der Waals surface area contributed by atoms with Crippen LogP contribution < -0.4 is 10.7 Å². The van der Waals surface area contributed by atoms with Gasteiger partial charge >= 0.3 is 6.09 Å². The van der Waals surface area contributed by atoms with E-state index in [2.05, 4.69) is 5.32 Å². The lowest BCUT2D eigenvalue weighted by atomic mass is 9.88. The van der Waals surface area contributed by atoms with Gasteiger partial charge in [0.1, 0.15) is 23.0 Å². The third-order valence-electron chi connectivity index (χ3n) is 7.67. The summed E-state index contributed by atoms with van der Waals surface area (Å²) in [4.78, 5) is 54.9. The van der Waals surface area contributed by atoms with Crippen LogP contribution in [-0.4, -0.2) is 68.7 Å². The zero-order valence-corrected chi connectivity index (χ0v) is 20.6. The zero-order chi connectivity index (χ0) is 27.5. The molecule has 3 atom stereocenters. The van der Waals surface area contributed by atoms with Gasteiger partial charge in [0.15, 0.2) is 17.0 Å². The largest absolute Gasteiger partial charge is 0.503 e. The van der Waals surface area contributed by atoms with E-state index in [0.717, 1.165) is 6.20 Å². The van der Waals surface area contributed by atoms with Gasteiger partial charge in [0.2, 0.25) is 5.43 Å². The van der Waals surface area contributed by atoms with Gasteiger partial charge in [0.25, 0.3) is 11.8 Å². The van der Waals surface area contributed by atoms with Crippen LogP contribution in [0.15, 0.2) is 23.1 Å². The number of benzene rings is 1. The van der Waals surface area contributed by atoms with E-state index >= 15 is 0 Å². The van der Waals surface area contributed by atoms with Crippen LogP contribution in [0, 0.1) is 17.5 Å². The van der Waals surface area contributed by atoms with Gasteiger partial charge in [-0.05, 0) is 26.7 Å². The van der Waals surface area contributed by atoms with Gasteiger partial charge in [-0.3, -0.25) is 14.4 Å². The highest BCUT2D eigenvalue weighted by atomic mass is 19.1. The summed E-state index contributed by atoms with van der Waals surface area (Å²) in [5.41, 5.74) is -3.79. The Labute approximate surface area is 214 Å². The number of hydrogen-bond acceptors (Lipinski definition) is 6. The number of likely N-dealkylation sites (N-methyl/N-ethyl adjacent to an activating group) is 1. The molecule has 2 saturated heterocycles. The molecule has 3 aliphatic heterocycles. The van der Waals surface area contributed by atoms with Crippen LogP contribution in [0.5, 0.6) is 5.75 Å². The molecule has 1 aromatic heterocycles. The average molecular weight is 534 g/mol. The number of carbonyl (C=O) groups excluding carboxylic acids is 3. The van der Waals surface area contributed by atoms with Crippen LogP contribution in [0.4, 0.5) is 18.0 Å². The molecule has 13 heteroatoms. The van der Waals surface area contributed by atoms with Gasteiger partial charge in [-0.25, -0.2) is 18.0 Å². The first kappa shape index (κ1) is 25.6. The second-order valence-electron chi connectivity index (χ2n) is 9.81. The zero-order valence-electron chi connectivity index (χ0n) is 20.6. The van der Waals surface area contributed by atoms with Gasteiger partial charge < -0.3 is 29.5 Å². The van der Waals surface area contributed by atoms with Crippen molar-refractivity contribution in [1.82, 2.24) is 19.7 Å². The van der Waals surface area contributed by atoms with E-state index in [4.69, 9.17) is 4.74 Å². The Bertz CT molecular complexity index is 1410. The van der Waals surface area contributed by atoms with Crippen LogP contribution in [-0.2, 0) is 11.3 Å². The van der Waals surface area contributed by atoms with E-state index < -0.39 is 75.9 Å². The van der Waals surface area contributed by atoms with Crippen LogP contribution in [0.25, 0.3) is 0 Å². The third-order valence-corrected chi connectivity index (χ3v) is 7.67. The molecule has 2 bridgehead atoms. The van der Waals surface area contributed by atoms with Crippen molar-refractivity contribution in [2.24, 2.45) is 0 Å². The summed E-state index contributed by atoms with van der Waals surface area (Å²) in [5.74, 6) is -6.23. The summed E-state index contributed by atoms with van der Waals surface area (Å²) >= 11 is 0. The lowest BCUT2D eigenvalue weighted by Gasteiger charge is -2.42. The molecule has 2 N–H and O–H groups in total. The number of amides is 3. The number of ether oxygens (including phenoxy) is 1. The molecule has 1 spiro atoms. The van der Waals surface area contributed by atoms with Gasteiger partial charge in [-0.2, -0.15) is 0 Å². The number of fused-ring (bicyclic) bond motifs is 5. The number of nitrogens with zero attached hydrogens (tertiary/aromatic N) is 3. The summed E-state index contributed by atoms with van der Waals surface area (Å²) in [6, 6.07) is -0.0938. The van der Waals surface area contributed by atoms with Crippen LogP contribution in [0.2, 0.25) is 0 Å². The molecule has 4 heterocycles. The van der Waals surface area contributed by atoms with E-state index in [1.54, 1.807) is 6.92 Å². The highest BCUT2D eigenvalue weighted by molar-refractivity contribution is 5.99. The number of hydrogen-bond donors (Lipinski definition) is 2. The smallest absolute Gasteiger partial charge is 0.410 e. The van der Waals surface area contributed by atoms with Crippen LogP contribution in [0.1, 0.15) is 59.1 Å². The minimum absolute atomic E-state index is 0.104. The van der Waals surface area contributed by atoms with Gasteiger partial charge in [-0.1, -0.05) is 0 Å². The van der Waals surface area contributed by atoms with Crippen molar-refractivity contribution in [3.8, 4) is 5.75 Å². The van der Waals surface area contributed by atoms with Crippen molar-refractivity contribution in [3.63, 3.8) is 0 Å². The van der Waals surface area contributed by atoms with Gasteiger partial charge in [0, 0.05) is 49.6 Å². The van der Waals surface area contributed by atoms with Crippen LogP contribution in [0.3, 0.4) is 0 Å². The minimum atomic E-state index is -1.23. The summed E-state index contributed by atoms with van der Waals surface area (Å²) in [6.07, 6.45) is 1.46. The minimum Gasteiger partial charge on any atom is -0.503 e. The van der Waals surface area contributed by atoms with Gasteiger partial charge in [0.05, 0.1) is 12.6 Å². The van der Waals surface area contributed by atoms with Crippen molar-refractivity contribution in [3.05, 3.63) is 62.8 Å². The Morgan fingerprint density at radius 2 is 1.89 bits per heavy atom. The second-order valence-corrected chi connectivity index (χ2v) is 9.81. The quantitative estimate of drug-likeness (QED) is 0.621. The SMILES string of the molecule is CCN1C[C@@]2(CC[C@H](C)N3C[C@H]2n2cc(C(=O)NCc4c(F)cc(F)cc4F)c(=O)c(O)c2C3=O)OC1=O. The van der Waals surface area contributed by atoms with Crippen molar-refractivity contribution in [2.45, 2.75) is 50.9 Å². The van der Waals surface area contributed by atoms with Crippen molar-refractivity contribution in [1.29, 1.82) is 0 Å². The molecular weight excluding hydrogens is 509 g/mol. The number of aromatic hydroxyl groups is 1. The lowest BCUT2D eigenvalue weighted by molar-refractivity contribution is -0.00221. The number of carbonyl (C=O) groups is 3. The highest BCUT2D eigenvalue weighted by Gasteiger charge is 2.56. The summed E-state index contributed by atoms with van der Waals surface area (Å²) in [6.45, 7) is 3.61. The summed E-state index contributed by atoms with van der Waals surface area (Å²) in [7, 11) is 0. The first-order valence-electron chi connectivity index (χ1n) is 12.2. The molecule has 38 heavy (non-hydrogen) atoms. The maximum absolute atomic E-state index is 14.0. The summed E-state index contributed by atoms with van der Waals surface area (Å²) in [5, 5.41) is 13.0. The molecule has 202 valence electrons. The molecule has 10 nitrogen and oxygen atoms in total. The van der Waals surface area contributed by atoms with Gasteiger partial charge in [-0.15, -0.1) is 0 Å². The third kappa shape index (κ3) is 3.87. The lowest BCUT2D eigenvalue weighted by Crippen LogP contribution is -2.53. The molecule has 0 radical (unpaired) electrons. The predicted octanol–water partition coefficient (Wildman–Crippen LogP) is 2.29. The fourth-order valence-electron chi connectivity index (χ4n) is 5.52.